The van der Waals surface area contributed by atoms with E-state index < -0.39 is 5.97 Å². The van der Waals surface area contributed by atoms with Crippen molar-refractivity contribution in [3.05, 3.63) is 63.0 Å². The highest BCUT2D eigenvalue weighted by molar-refractivity contribution is 7.16. The van der Waals surface area contributed by atoms with Gasteiger partial charge in [0, 0.05) is 17.1 Å². The van der Waals surface area contributed by atoms with E-state index in [1.807, 2.05) is 6.92 Å². The second-order valence-electron chi connectivity index (χ2n) is 4.88. The summed E-state index contributed by atoms with van der Waals surface area (Å²) in [6.45, 7) is 1.86. The summed E-state index contributed by atoms with van der Waals surface area (Å²) in [7, 11) is 1.56. The highest BCUT2D eigenvalue weighted by Crippen LogP contribution is 2.15. The number of carbonyl (C=O) groups is 1. The molecule has 0 saturated carbocycles. The molecule has 0 radical (unpaired) electrons. The third-order valence-corrected chi connectivity index (χ3v) is 4.11. The number of thiazole rings is 1. The van der Waals surface area contributed by atoms with E-state index in [0.29, 0.717) is 22.0 Å². The average Bonchev–Trinajstić information content (AvgIpc) is 2.93. The highest BCUT2D eigenvalue weighted by atomic mass is 32.1. The summed E-state index contributed by atoms with van der Waals surface area (Å²) in [5.74, 6) is 0.187. The van der Waals surface area contributed by atoms with Crippen molar-refractivity contribution < 1.29 is 14.3 Å². The molecule has 0 aliphatic heterocycles. The van der Waals surface area contributed by atoms with Crippen molar-refractivity contribution in [1.82, 2.24) is 9.38 Å². The normalized spacial score (nSPS) is 10.7. The van der Waals surface area contributed by atoms with E-state index in [1.54, 1.807) is 37.6 Å². The van der Waals surface area contributed by atoms with Crippen LogP contribution in [-0.4, -0.2) is 22.5 Å². The quantitative estimate of drug-likeness (QED) is 0.687. The molecule has 0 N–H and O–H groups in total. The number of rotatable bonds is 4. The molecule has 3 aromatic rings. The van der Waals surface area contributed by atoms with Crippen molar-refractivity contribution in [2.24, 2.45) is 0 Å². The number of fused-ring (bicyclic) bond motifs is 1. The molecular formula is C16H14N2O4S. The van der Waals surface area contributed by atoms with Gasteiger partial charge in [0.15, 0.2) is 4.96 Å². The smallest absolute Gasteiger partial charge is 0.338 e. The first kappa shape index (κ1) is 15.2. The lowest BCUT2D eigenvalue weighted by Gasteiger charge is -2.05. The van der Waals surface area contributed by atoms with Gasteiger partial charge >= 0.3 is 5.97 Å². The number of aryl methyl sites for hydroxylation is 1. The Morgan fingerprint density at radius 2 is 2.04 bits per heavy atom. The molecular weight excluding hydrogens is 316 g/mol. The van der Waals surface area contributed by atoms with E-state index in [4.69, 9.17) is 9.47 Å². The van der Waals surface area contributed by atoms with E-state index in [9.17, 15) is 9.59 Å². The monoisotopic (exact) mass is 330 g/mol. The lowest BCUT2D eigenvalue weighted by atomic mass is 10.2. The van der Waals surface area contributed by atoms with Gasteiger partial charge in [-0.2, -0.15) is 0 Å². The van der Waals surface area contributed by atoms with Gasteiger partial charge in [0.1, 0.15) is 12.4 Å². The van der Waals surface area contributed by atoms with Crippen LogP contribution in [0.4, 0.5) is 0 Å². The SMILES string of the molecule is COc1ccc(C(=O)OCc2cc(=O)n3cc(C)sc3n2)cc1. The van der Waals surface area contributed by atoms with Crippen LogP contribution in [0.1, 0.15) is 20.9 Å². The van der Waals surface area contributed by atoms with Gasteiger partial charge in [-0.3, -0.25) is 9.20 Å². The Morgan fingerprint density at radius 3 is 2.74 bits per heavy atom. The molecule has 0 bridgehead atoms. The van der Waals surface area contributed by atoms with Crippen LogP contribution in [0.5, 0.6) is 5.75 Å². The van der Waals surface area contributed by atoms with Gasteiger partial charge in [0.25, 0.3) is 5.56 Å². The van der Waals surface area contributed by atoms with Crippen LogP contribution < -0.4 is 10.3 Å². The summed E-state index contributed by atoms with van der Waals surface area (Å²) >= 11 is 1.41. The van der Waals surface area contributed by atoms with Crippen LogP contribution in [0.25, 0.3) is 4.96 Å². The van der Waals surface area contributed by atoms with Gasteiger partial charge in [-0.15, -0.1) is 11.3 Å². The first-order valence-corrected chi connectivity index (χ1v) is 7.68. The third-order valence-electron chi connectivity index (χ3n) is 3.21. The number of benzene rings is 1. The zero-order chi connectivity index (χ0) is 16.4. The Morgan fingerprint density at radius 1 is 1.30 bits per heavy atom. The number of aromatic nitrogens is 2. The van der Waals surface area contributed by atoms with E-state index in [0.717, 1.165) is 4.88 Å². The Kier molecular flexibility index (Phi) is 4.12. The molecule has 0 atom stereocenters. The Hall–Kier alpha value is -2.67. The van der Waals surface area contributed by atoms with Crippen molar-refractivity contribution >= 4 is 22.3 Å². The minimum atomic E-state index is -0.475. The van der Waals surface area contributed by atoms with Gasteiger partial charge < -0.3 is 9.47 Å². The maximum absolute atomic E-state index is 12.0. The standard InChI is InChI=1S/C16H14N2O4S/c1-10-8-18-14(19)7-12(17-16(18)23-10)9-22-15(20)11-3-5-13(21-2)6-4-11/h3-8H,9H2,1-2H3. The van der Waals surface area contributed by atoms with Gasteiger partial charge in [0.2, 0.25) is 0 Å². The molecule has 2 heterocycles. The second kappa shape index (κ2) is 6.21. The summed E-state index contributed by atoms with van der Waals surface area (Å²) in [4.78, 5) is 29.9. The predicted molar refractivity (Wildman–Crippen MR) is 86.2 cm³/mol. The Labute approximate surface area is 135 Å². The summed E-state index contributed by atoms with van der Waals surface area (Å²) in [5, 5.41) is 0. The lowest BCUT2D eigenvalue weighted by Crippen LogP contribution is -2.14. The molecule has 0 saturated heterocycles. The maximum atomic E-state index is 12.0. The van der Waals surface area contributed by atoms with Crippen LogP contribution in [0.2, 0.25) is 0 Å². The molecule has 1 aromatic carbocycles. The fourth-order valence-corrected chi connectivity index (χ4v) is 2.93. The van der Waals surface area contributed by atoms with E-state index in [1.165, 1.54) is 21.8 Å². The van der Waals surface area contributed by atoms with Gasteiger partial charge in [-0.25, -0.2) is 9.78 Å². The van der Waals surface area contributed by atoms with Crippen LogP contribution in [-0.2, 0) is 11.3 Å². The predicted octanol–water partition coefficient (Wildman–Crippen LogP) is 2.43. The van der Waals surface area contributed by atoms with E-state index >= 15 is 0 Å². The third kappa shape index (κ3) is 3.24. The van der Waals surface area contributed by atoms with E-state index in [2.05, 4.69) is 4.98 Å². The molecule has 0 fully saturated rings. The zero-order valence-electron chi connectivity index (χ0n) is 12.6. The number of carbonyl (C=O) groups excluding carboxylic acids is 1. The molecule has 6 nitrogen and oxygen atoms in total. The summed E-state index contributed by atoms with van der Waals surface area (Å²) in [6, 6.07) is 7.98. The molecule has 118 valence electrons. The molecule has 0 spiro atoms. The fraction of sp³-hybridized carbons (Fsp3) is 0.188. The first-order chi connectivity index (χ1) is 11.1. The molecule has 0 aliphatic carbocycles. The summed E-state index contributed by atoms with van der Waals surface area (Å²) < 4.78 is 11.7. The topological polar surface area (TPSA) is 69.9 Å². The average molecular weight is 330 g/mol. The van der Waals surface area contributed by atoms with Crippen molar-refractivity contribution in [1.29, 1.82) is 0 Å². The number of ether oxygens (including phenoxy) is 2. The van der Waals surface area contributed by atoms with Crippen molar-refractivity contribution in [3.63, 3.8) is 0 Å². The number of hydrogen-bond acceptors (Lipinski definition) is 6. The van der Waals surface area contributed by atoms with Crippen LogP contribution >= 0.6 is 11.3 Å². The summed E-state index contributed by atoms with van der Waals surface area (Å²) in [5.41, 5.74) is 0.657. The molecule has 2 aromatic heterocycles. The molecule has 0 unspecified atom stereocenters. The van der Waals surface area contributed by atoms with Crippen LogP contribution in [0.3, 0.4) is 0 Å². The van der Waals surface area contributed by atoms with Gasteiger partial charge in [0.05, 0.1) is 18.4 Å². The van der Waals surface area contributed by atoms with Crippen molar-refractivity contribution in [2.45, 2.75) is 13.5 Å². The van der Waals surface area contributed by atoms with Gasteiger partial charge in [-0.1, -0.05) is 0 Å². The fourth-order valence-electron chi connectivity index (χ4n) is 2.08. The highest BCUT2D eigenvalue weighted by Gasteiger charge is 2.10. The molecule has 7 heteroatoms. The number of methoxy groups -OCH3 is 1. The maximum Gasteiger partial charge on any atom is 0.338 e. The molecule has 0 aliphatic rings. The largest absolute Gasteiger partial charge is 0.497 e. The molecule has 0 amide bonds. The Bertz CT molecular complexity index is 912. The number of hydrogen-bond donors (Lipinski definition) is 0. The van der Waals surface area contributed by atoms with Crippen molar-refractivity contribution in [2.75, 3.05) is 7.11 Å². The zero-order valence-corrected chi connectivity index (χ0v) is 13.4. The van der Waals surface area contributed by atoms with Crippen molar-refractivity contribution in [3.8, 4) is 5.75 Å². The lowest BCUT2D eigenvalue weighted by molar-refractivity contribution is 0.0468. The molecule has 23 heavy (non-hydrogen) atoms. The van der Waals surface area contributed by atoms with Gasteiger partial charge in [-0.05, 0) is 31.2 Å². The van der Waals surface area contributed by atoms with Crippen LogP contribution in [0.15, 0.2) is 41.3 Å². The second-order valence-corrected chi connectivity index (χ2v) is 6.10. The summed E-state index contributed by atoms with van der Waals surface area (Å²) in [6.07, 6.45) is 1.74. The number of nitrogens with zero attached hydrogens (tertiary/aromatic N) is 2. The first-order valence-electron chi connectivity index (χ1n) is 6.87. The number of esters is 1. The van der Waals surface area contributed by atoms with E-state index in [-0.39, 0.29) is 12.2 Å². The van der Waals surface area contributed by atoms with Crippen LogP contribution in [0, 0.1) is 6.92 Å². The Balaban J connectivity index is 1.74. The molecule has 3 rings (SSSR count). The minimum Gasteiger partial charge on any atom is -0.497 e. The minimum absolute atomic E-state index is 0.0481.